The second-order valence-electron chi connectivity index (χ2n) is 13.8. The zero-order chi connectivity index (χ0) is 37.7. The summed E-state index contributed by atoms with van der Waals surface area (Å²) < 4.78 is 80.5. The van der Waals surface area contributed by atoms with Crippen LogP contribution in [0.4, 0.5) is 0 Å². The molecule has 0 aliphatic carbocycles. The minimum Gasteiger partial charge on any atom is -0.501 e. The van der Waals surface area contributed by atoms with Crippen LogP contribution in [0.3, 0.4) is 0 Å². The Morgan fingerprint density at radius 2 is 0.469 bits per heavy atom. The van der Waals surface area contributed by atoms with Crippen LogP contribution in [0.1, 0.15) is 111 Å². The van der Waals surface area contributed by atoms with Crippen molar-refractivity contribution >= 4 is 9.84 Å². The normalized spacial score (nSPS) is 12.2. The Morgan fingerprint density at radius 1 is 0.327 bits per heavy atom. The van der Waals surface area contributed by atoms with Crippen LogP contribution in [-0.4, -0.2) is 67.5 Å². The molecule has 0 saturated carbocycles. The minimum absolute atomic E-state index is 0.261. The third-order valence-electron chi connectivity index (χ3n) is 5.88. The van der Waals surface area contributed by atoms with E-state index in [4.69, 9.17) is 37.9 Å². The topological polar surface area (TPSA) is 148 Å². The van der Waals surface area contributed by atoms with Crippen LogP contribution in [0.25, 0.3) is 0 Å². The van der Waals surface area contributed by atoms with Gasteiger partial charge in [-0.1, -0.05) is 0 Å². The first-order chi connectivity index (χ1) is 22.5. The van der Waals surface area contributed by atoms with Crippen LogP contribution >= 0.6 is 0 Å². The van der Waals surface area contributed by atoms with E-state index < -0.39 is 80.0 Å². The van der Waals surface area contributed by atoms with E-state index in [2.05, 4.69) is 0 Å². The fourth-order valence-corrected chi connectivity index (χ4v) is 6.34. The van der Waals surface area contributed by atoms with E-state index >= 15 is 8.42 Å². The zero-order valence-corrected chi connectivity index (χ0v) is 32.8. The van der Waals surface area contributed by atoms with Crippen LogP contribution in [0.5, 0.6) is 57.5 Å². The number of phenols is 2. The summed E-state index contributed by atoms with van der Waals surface area (Å²) in [6.07, 6.45) is -4.47. The van der Waals surface area contributed by atoms with Crippen molar-refractivity contribution in [2.45, 2.75) is 169 Å². The fourth-order valence-electron chi connectivity index (χ4n) is 4.60. The van der Waals surface area contributed by atoms with Gasteiger partial charge in [-0.05, 0) is 111 Å². The number of hydrogen-bond acceptors (Lipinski definition) is 12. The monoisotopic (exact) mass is 714 g/mol. The van der Waals surface area contributed by atoms with Crippen molar-refractivity contribution in [3.63, 3.8) is 0 Å². The highest BCUT2D eigenvalue weighted by molar-refractivity contribution is 7.92. The molecule has 0 unspecified atom stereocenters. The maximum Gasteiger partial charge on any atom is 0.221 e. The van der Waals surface area contributed by atoms with Gasteiger partial charge in [-0.25, -0.2) is 8.42 Å². The van der Waals surface area contributed by atoms with Gasteiger partial charge in [0.15, 0.2) is 32.8 Å². The number of hydrogen-bond donors (Lipinski definition) is 2. The summed E-state index contributed by atoms with van der Waals surface area (Å²) in [6.45, 7) is 27.5. The first-order valence-electron chi connectivity index (χ1n) is 16.9. The van der Waals surface area contributed by atoms with Gasteiger partial charge in [0, 0.05) is 0 Å². The average molecular weight is 715 g/mol. The molecule has 2 rings (SSSR count). The Hall–Kier alpha value is -3.61. The molecule has 0 radical (unpaired) electrons. The van der Waals surface area contributed by atoms with E-state index in [-0.39, 0.29) is 46.0 Å². The van der Waals surface area contributed by atoms with Crippen LogP contribution in [0.2, 0.25) is 0 Å². The van der Waals surface area contributed by atoms with E-state index in [1.54, 1.807) is 111 Å². The molecule has 0 bridgehead atoms. The summed E-state index contributed by atoms with van der Waals surface area (Å²) in [7, 11) is -4.95. The summed E-state index contributed by atoms with van der Waals surface area (Å²) in [5, 5.41) is 23.4. The van der Waals surface area contributed by atoms with Crippen LogP contribution in [0.15, 0.2) is 9.79 Å². The van der Waals surface area contributed by atoms with Crippen molar-refractivity contribution in [3.8, 4) is 57.5 Å². The Kier molecular flexibility index (Phi) is 14.3. The number of aromatic hydroxyl groups is 2. The Bertz CT molecular complexity index is 1330. The molecule has 12 nitrogen and oxygen atoms in total. The highest BCUT2D eigenvalue weighted by Gasteiger charge is 2.44. The lowest BCUT2D eigenvalue weighted by Crippen LogP contribution is -2.22. The highest BCUT2D eigenvalue weighted by Crippen LogP contribution is 2.62. The molecular weight excluding hydrogens is 656 g/mol. The summed E-state index contributed by atoms with van der Waals surface area (Å²) in [6, 6.07) is 0. The van der Waals surface area contributed by atoms with Gasteiger partial charge < -0.3 is 48.1 Å². The smallest absolute Gasteiger partial charge is 0.221 e. The fraction of sp³-hybridized carbons (Fsp3) is 0.667. The molecule has 280 valence electrons. The number of ether oxygens (including phenoxy) is 8. The van der Waals surface area contributed by atoms with Crippen molar-refractivity contribution < 1.29 is 56.5 Å². The zero-order valence-electron chi connectivity index (χ0n) is 32.0. The molecule has 0 aliphatic rings. The molecule has 0 fully saturated rings. The molecule has 0 aliphatic heterocycles. The van der Waals surface area contributed by atoms with E-state index in [1.165, 1.54) is 0 Å². The predicted molar refractivity (Wildman–Crippen MR) is 188 cm³/mol. The molecule has 2 N–H and O–H groups in total. The Labute approximate surface area is 292 Å². The molecule has 2 aromatic rings. The van der Waals surface area contributed by atoms with E-state index in [0.717, 1.165) is 0 Å². The molecule has 0 spiro atoms. The van der Waals surface area contributed by atoms with E-state index in [0.29, 0.717) is 0 Å². The molecule has 0 amide bonds. The molecule has 0 heterocycles. The van der Waals surface area contributed by atoms with Gasteiger partial charge >= 0.3 is 0 Å². The van der Waals surface area contributed by atoms with Gasteiger partial charge in [0.25, 0.3) is 0 Å². The SMILES string of the molecule is CC(C)Oc1c(O)c(OC(C)C)c(OC(C)C)c(S(=O)(=O)c2c(OC(C)C)c(OC(C)C)c(O)c(OC(C)C)c2OC(C)C)c1OC(C)C. The lowest BCUT2D eigenvalue weighted by molar-refractivity contribution is 0.160. The summed E-state index contributed by atoms with van der Waals surface area (Å²) >= 11 is 0. The van der Waals surface area contributed by atoms with Gasteiger partial charge in [-0.2, -0.15) is 0 Å². The van der Waals surface area contributed by atoms with Crippen molar-refractivity contribution in [1.82, 2.24) is 0 Å². The number of phenolic OH excluding ortho intramolecular Hbond substituents is 2. The lowest BCUT2D eigenvalue weighted by atomic mass is 10.2. The molecule has 0 aromatic heterocycles. The van der Waals surface area contributed by atoms with Crippen molar-refractivity contribution in [2.75, 3.05) is 0 Å². The van der Waals surface area contributed by atoms with E-state index in [9.17, 15) is 10.2 Å². The van der Waals surface area contributed by atoms with Crippen LogP contribution in [-0.2, 0) is 9.84 Å². The maximum absolute atomic E-state index is 15.7. The first kappa shape index (κ1) is 41.6. The standard InChI is InChI=1S/C36H58O12S/c1-17(2)41-27-25(37)28(42-18(3)4)32(46-22(11)12)35(31(27)45-21(9)10)49(39,40)36-33(47-23(13)14)29(43-19(5)6)26(38)30(44-20(7)8)34(36)48-24(15)16/h17-24,37-38H,1-16H3. The second-order valence-corrected chi connectivity index (χ2v) is 15.6. The van der Waals surface area contributed by atoms with Gasteiger partial charge in [-0.3, -0.25) is 0 Å². The Morgan fingerprint density at radius 3 is 0.612 bits per heavy atom. The summed E-state index contributed by atoms with van der Waals surface area (Å²) in [5.41, 5.74) is 0. The van der Waals surface area contributed by atoms with Gasteiger partial charge in [0.05, 0.1) is 48.8 Å². The molecule has 13 heteroatoms. The van der Waals surface area contributed by atoms with Gasteiger partial charge in [0.1, 0.15) is 0 Å². The predicted octanol–water partition coefficient (Wildman–Crippen LogP) is 8.23. The second kappa shape index (κ2) is 16.9. The largest absolute Gasteiger partial charge is 0.501 e. The molecule has 0 saturated heterocycles. The number of sulfone groups is 1. The maximum atomic E-state index is 15.7. The highest BCUT2D eigenvalue weighted by atomic mass is 32.2. The van der Waals surface area contributed by atoms with Crippen molar-refractivity contribution in [3.05, 3.63) is 0 Å². The molecule has 49 heavy (non-hydrogen) atoms. The molecular formula is C36H58O12S. The third-order valence-corrected chi connectivity index (χ3v) is 7.69. The third kappa shape index (κ3) is 10.2. The Balaban J connectivity index is 3.55. The summed E-state index contributed by atoms with van der Waals surface area (Å²) in [4.78, 5) is -1.03. The summed E-state index contributed by atoms with van der Waals surface area (Å²) in [5.74, 6) is -3.30. The lowest BCUT2D eigenvalue weighted by Gasteiger charge is -2.29. The number of benzene rings is 2. The minimum atomic E-state index is -4.95. The van der Waals surface area contributed by atoms with Crippen LogP contribution < -0.4 is 37.9 Å². The number of rotatable bonds is 18. The van der Waals surface area contributed by atoms with Crippen molar-refractivity contribution in [1.29, 1.82) is 0 Å². The molecule has 0 atom stereocenters. The average Bonchev–Trinajstić information content (AvgIpc) is 2.91. The van der Waals surface area contributed by atoms with Crippen molar-refractivity contribution in [2.24, 2.45) is 0 Å². The van der Waals surface area contributed by atoms with Gasteiger partial charge in [-0.15, -0.1) is 0 Å². The van der Waals surface area contributed by atoms with E-state index in [1.807, 2.05) is 0 Å². The quantitative estimate of drug-likeness (QED) is 0.153. The van der Waals surface area contributed by atoms with Gasteiger partial charge in [0.2, 0.25) is 44.3 Å². The molecule has 2 aromatic carbocycles. The van der Waals surface area contributed by atoms with Crippen LogP contribution in [0, 0.1) is 0 Å². The first-order valence-corrected chi connectivity index (χ1v) is 18.4.